The van der Waals surface area contributed by atoms with Crippen LogP contribution in [-0.2, 0) is 0 Å². The third-order valence-electron chi connectivity index (χ3n) is 2.76. The van der Waals surface area contributed by atoms with Crippen LogP contribution in [0.4, 0.5) is 0 Å². The normalized spacial score (nSPS) is 11.1. The fraction of sp³-hybridized carbons (Fsp3) is 1.00. The van der Waals surface area contributed by atoms with Crippen LogP contribution in [0.1, 0.15) is 41.0 Å². The van der Waals surface area contributed by atoms with Gasteiger partial charge in [0.25, 0.3) is 0 Å². The second-order valence-corrected chi connectivity index (χ2v) is 3.86. The molecule has 0 saturated carbocycles. The van der Waals surface area contributed by atoms with Crippen molar-refractivity contribution < 1.29 is 5.21 Å². The van der Waals surface area contributed by atoms with Crippen molar-refractivity contribution in [1.82, 2.24) is 0 Å². The summed E-state index contributed by atoms with van der Waals surface area (Å²) in [6.45, 7) is 11.0. The molecule has 0 aliphatic heterocycles. The van der Waals surface area contributed by atoms with Gasteiger partial charge in [-0.1, -0.05) is 34.6 Å². The van der Waals surface area contributed by atoms with Crippen LogP contribution in [0.15, 0.2) is 5.34 Å². The largest absolute Gasteiger partial charge is 0.379 e. The van der Waals surface area contributed by atoms with E-state index >= 15 is 0 Å². The van der Waals surface area contributed by atoms with Crippen LogP contribution in [0.5, 0.6) is 0 Å². The summed E-state index contributed by atoms with van der Waals surface area (Å²) in [6.07, 6.45) is 1.07. The summed E-state index contributed by atoms with van der Waals surface area (Å²) in [4.78, 5) is 8.11. The summed E-state index contributed by atoms with van der Waals surface area (Å²) in [5.41, 5.74) is 6.22. The quantitative estimate of drug-likeness (QED) is 0.530. The Morgan fingerprint density at radius 1 is 1.31 bits per heavy atom. The van der Waals surface area contributed by atoms with E-state index in [-0.39, 0.29) is 5.54 Å². The SMILES string of the molecule is CCC(N)(C(C)C)C(C)C.O=NO. The molecule has 0 radical (unpaired) electrons. The van der Waals surface area contributed by atoms with E-state index in [2.05, 4.69) is 34.6 Å². The topological polar surface area (TPSA) is 75.7 Å². The first-order valence-corrected chi connectivity index (χ1v) is 4.62. The Labute approximate surface area is 80.4 Å². The summed E-state index contributed by atoms with van der Waals surface area (Å²) in [7, 11) is 0. The van der Waals surface area contributed by atoms with Crippen molar-refractivity contribution in [3.8, 4) is 0 Å². The first-order valence-electron chi connectivity index (χ1n) is 4.62. The Kier molecular flexibility index (Phi) is 7.81. The molecule has 0 aliphatic rings. The molecule has 0 aromatic heterocycles. The molecule has 0 unspecified atom stereocenters. The van der Waals surface area contributed by atoms with Crippen LogP contribution < -0.4 is 5.73 Å². The van der Waals surface area contributed by atoms with Gasteiger partial charge in [0.05, 0.1) is 0 Å². The molecule has 0 atom stereocenters. The highest BCUT2D eigenvalue weighted by Gasteiger charge is 2.29. The molecule has 0 bridgehead atoms. The number of hydrogen-bond donors (Lipinski definition) is 2. The van der Waals surface area contributed by atoms with Crippen LogP contribution in [0.2, 0.25) is 0 Å². The second kappa shape index (κ2) is 6.83. The summed E-state index contributed by atoms with van der Waals surface area (Å²) < 4.78 is 0. The molecule has 0 aromatic rings. The summed E-state index contributed by atoms with van der Waals surface area (Å²) in [5, 5.41) is 7.89. The number of nitrogens with two attached hydrogens (primary N) is 1. The minimum atomic E-state index is 0.0417. The minimum absolute atomic E-state index is 0.0417. The third-order valence-corrected chi connectivity index (χ3v) is 2.76. The molecular formula is C9H22N2O2. The molecule has 80 valence electrons. The highest BCUT2D eigenvalue weighted by atomic mass is 16.6. The highest BCUT2D eigenvalue weighted by molar-refractivity contribution is 4.88. The lowest BCUT2D eigenvalue weighted by atomic mass is 9.76. The molecule has 0 aliphatic carbocycles. The van der Waals surface area contributed by atoms with Gasteiger partial charge < -0.3 is 10.9 Å². The average molecular weight is 190 g/mol. The monoisotopic (exact) mass is 190 g/mol. The molecule has 4 heteroatoms. The zero-order valence-corrected chi connectivity index (χ0v) is 9.24. The van der Waals surface area contributed by atoms with Gasteiger partial charge in [-0.15, -0.1) is 4.91 Å². The molecule has 0 heterocycles. The fourth-order valence-corrected chi connectivity index (χ4v) is 1.48. The molecule has 0 spiro atoms. The van der Waals surface area contributed by atoms with Crippen molar-refractivity contribution >= 4 is 0 Å². The van der Waals surface area contributed by atoms with E-state index in [1.807, 2.05) is 0 Å². The van der Waals surface area contributed by atoms with Gasteiger partial charge in [0, 0.05) is 5.54 Å². The molecule has 0 rings (SSSR count). The number of rotatable bonds is 3. The standard InChI is InChI=1S/C9H21N.HNO2/c1-6-9(10,7(2)3)8(4)5;2-1-3/h7-8H,6,10H2,1-5H3;(H,2,3). The first kappa shape index (κ1) is 14.9. The van der Waals surface area contributed by atoms with Crippen LogP contribution in [0, 0.1) is 16.7 Å². The lowest BCUT2D eigenvalue weighted by Gasteiger charge is -2.36. The highest BCUT2D eigenvalue weighted by Crippen LogP contribution is 2.26. The zero-order chi connectivity index (χ0) is 11.1. The van der Waals surface area contributed by atoms with Crippen molar-refractivity contribution in [2.75, 3.05) is 0 Å². The van der Waals surface area contributed by atoms with E-state index in [0.29, 0.717) is 11.8 Å². The van der Waals surface area contributed by atoms with Gasteiger partial charge in [-0.3, -0.25) is 0 Å². The Morgan fingerprint density at radius 2 is 1.54 bits per heavy atom. The summed E-state index contributed by atoms with van der Waals surface area (Å²) >= 11 is 0. The predicted octanol–water partition coefficient (Wildman–Crippen LogP) is 2.55. The molecule has 0 saturated heterocycles. The van der Waals surface area contributed by atoms with Crippen LogP contribution in [-0.4, -0.2) is 10.7 Å². The minimum Gasteiger partial charge on any atom is -0.379 e. The first-order chi connectivity index (χ1) is 5.86. The van der Waals surface area contributed by atoms with Gasteiger partial charge in [-0.25, -0.2) is 0 Å². The second-order valence-electron chi connectivity index (χ2n) is 3.86. The van der Waals surface area contributed by atoms with E-state index in [1.165, 1.54) is 5.34 Å². The van der Waals surface area contributed by atoms with Gasteiger partial charge in [-0.05, 0) is 18.3 Å². The van der Waals surface area contributed by atoms with E-state index in [1.54, 1.807) is 0 Å². The Morgan fingerprint density at radius 3 is 1.54 bits per heavy atom. The van der Waals surface area contributed by atoms with Crippen molar-refractivity contribution in [1.29, 1.82) is 0 Å². The number of hydrogen-bond acceptors (Lipinski definition) is 3. The lowest BCUT2D eigenvalue weighted by molar-refractivity contribution is 0.216. The molecule has 3 N–H and O–H groups in total. The molecule has 0 aromatic carbocycles. The summed E-state index contributed by atoms with van der Waals surface area (Å²) in [5.74, 6) is 1.16. The maximum atomic E-state index is 8.11. The molecule has 13 heavy (non-hydrogen) atoms. The average Bonchev–Trinajstić information content (AvgIpc) is 2.03. The van der Waals surface area contributed by atoms with Gasteiger partial charge in [0.1, 0.15) is 0 Å². The predicted molar refractivity (Wildman–Crippen MR) is 54.5 cm³/mol. The Hall–Kier alpha value is -0.640. The fourth-order valence-electron chi connectivity index (χ4n) is 1.48. The van der Waals surface area contributed by atoms with E-state index < -0.39 is 0 Å². The third kappa shape index (κ3) is 4.83. The molecule has 4 nitrogen and oxygen atoms in total. The van der Waals surface area contributed by atoms with Crippen LogP contribution in [0.25, 0.3) is 0 Å². The van der Waals surface area contributed by atoms with Crippen LogP contribution in [0.3, 0.4) is 0 Å². The van der Waals surface area contributed by atoms with Crippen molar-refractivity contribution in [2.45, 2.75) is 46.6 Å². The maximum absolute atomic E-state index is 8.11. The molecule has 0 amide bonds. The number of nitrogens with zero attached hydrogens (tertiary/aromatic N) is 1. The smallest absolute Gasteiger partial charge is 0.152 e. The zero-order valence-electron chi connectivity index (χ0n) is 9.24. The van der Waals surface area contributed by atoms with E-state index in [0.717, 1.165) is 6.42 Å². The van der Waals surface area contributed by atoms with E-state index in [4.69, 9.17) is 15.8 Å². The van der Waals surface area contributed by atoms with Crippen LogP contribution >= 0.6 is 0 Å². The van der Waals surface area contributed by atoms with Crippen molar-refractivity contribution in [2.24, 2.45) is 22.9 Å². The Balaban J connectivity index is 0. The van der Waals surface area contributed by atoms with Gasteiger partial charge >= 0.3 is 0 Å². The van der Waals surface area contributed by atoms with Gasteiger partial charge in [0.2, 0.25) is 0 Å². The molecule has 0 fully saturated rings. The lowest BCUT2D eigenvalue weighted by Crippen LogP contribution is -2.49. The van der Waals surface area contributed by atoms with Crippen molar-refractivity contribution in [3.63, 3.8) is 0 Å². The molecular weight excluding hydrogens is 168 g/mol. The summed E-state index contributed by atoms with van der Waals surface area (Å²) in [6, 6.07) is 0. The van der Waals surface area contributed by atoms with Gasteiger partial charge in [0.15, 0.2) is 5.34 Å². The Bertz CT molecular complexity index is 128. The van der Waals surface area contributed by atoms with E-state index in [9.17, 15) is 0 Å². The van der Waals surface area contributed by atoms with Crippen molar-refractivity contribution in [3.05, 3.63) is 4.91 Å². The maximum Gasteiger partial charge on any atom is 0.152 e. The van der Waals surface area contributed by atoms with Gasteiger partial charge in [-0.2, -0.15) is 0 Å².